The zero-order chi connectivity index (χ0) is 9.80. The maximum Gasteiger partial charge on any atom is 0.113 e. The summed E-state index contributed by atoms with van der Waals surface area (Å²) in [5, 5.41) is 12.8. The molecule has 4 heteroatoms. The van der Waals surface area contributed by atoms with Crippen molar-refractivity contribution in [2.45, 2.75) is 44.2 Å². The number of aromatic nitrogens is 3. The van der Waals surface area contributed by atoms with Crippen molar-refractivity contribution >= 4 is 14.1 Å². The van der Waals surface area contributed by atoms with Crippen LogP contribution in [-0.4, -0.2) is 24.2 Å². The highest BCUT2D eigenvalue weighted by Crippen LogP contribution is 2.30. The second-order valence-electron chi connectivity index (χ2n) is 4.02. The molecule has 0 unspecified atom stereocenters. The Balaban J connectivity index is 2.03. The van der Waals surface area contributed by atoms with Crippen LogP contribution in [0.2, 0.25) is 12.1 Å². The van der Waals surface area contributed by atoms with E-state index < -0.39 is 8.80 Å². The van der Waals surface area contributed by atoms with Crippen LogP contribution in [0.1, 0.15) is 32.1 Å². The largest absolute Gasteiger partial charge is 0.140 e. The summed E-state index contributed by atoms with van der Waals surface area (Å²) in [5.74, 6) is 0. The Morgan fingerprint density at radius 2 is 2.07 bits per heavy atom. The predicted octanol–water partition coefficient (Wildman–Crippen LogP) is 1.54. The fourth-order valence-corrected chi connectivity index (χ4v) is 4.43. The minimum atomic E-state index is -0.481. The molecule has 0 spiro atoms. The fourth-order valence-electron chi connectivity index (χ4n) is 2.20. The van der Waals surface area contributed by atoms with E-state index in [1.807, 2.05) is 6.07 Å². The van der Waals surface area contributed by atoms with Crippen molar-refractivity contribution < 1.29 is 0 Å². The minimum Gasteiger partial charge on any atom is -0.140 e. The molecule has 1 aliphatic rings. The van der Waals surface area contributed by atoms with Crippen molar-refractivity contribution in [1.29, 1.82) is 0 Å². The van der Waals surface area contributed by atoms with Gasteiger partial charge < -0.3 is 0 Å². The first-order valence-corrected chi connectivity index (χ1v) is 7.44. The summed E-state index contributed by atoms with van der Waals surface area (Å²) >= 11 is 0. The van der Waals surface area contributed by atoms with Crippen LogP contribution in [0.25, 0.3) is 0 Å². The fraction of sp³-hybridized carbons (Fsp3) is 0.700. The van der Waals surface area contributed by atoms with Crippen molar-refractivity contribution in [2.75, 3.05) is 0 Å². The lowest BCUT2D eigenvalue weighted by molar-refractivity contribution is 0.498. The first kappa shape index (κ1) is 9.77. The second kappa shape index (κ2) is 4.64. The van der Waals surface area contributed by atoms with E-state index in [1.165, 1.54) is 37.4 Å². The van der Waals surface area contributed by atoms with Crippen molar-refractivity contribution in [3.63, 3.8) is 0 Å². The van der Waals surface area contributed by atoms with E-state index in [4.69, 9.17) is 0 Å². The molecule has 1 heterocycles. The molecule has 1 radical (unpaired) electrons. The number of nitrogens with zero attached hydrogens (tertiary/aromatic N) is 3. The molecule has 1 aromatic rings. The normalized spacial score (nSPS) is 18.7. The van der Waals surface area contributed by atoms with Gasteiger partial charge in [0.1, 0.15) is 8.80 Å². The van der Waals surface area contributed by atoms with Crippen LogP contribution in [0.15, 0.2) is 12.3 Å². The maximum absolute atomic E-state index is 4.14. The van der Waals surface area contributed by atoms with Gasteiger partial charge in [0.2, 0.25) is 0 Å². The summed E-state index contributed by atoms with van der Waals surface area (Å²) in [4.78, 5) is 0. The summed E-state index contributed by atoms with van der Waals surface area (Å²) in [6, 6.07) is 2.04. The van der Waals surface area contributed by atoms with Gasteiger partial charge in [-0.05, 0) is 16.8 Å². The third kappa shape index (κ3) is 2.18. The SMILES string of the molecule is C[Si](c1ccnnn1)C1CCCCC1. The van der Waals surface area contributed by atoms with Crippen LogP contribution in [-0.2, 0) is 0 Å². The van der Waals surface area contributed by atoms with Crippen LogP contribution in [0.5, 0.6) is 0 Å². The van der Waals surface area contributed by atoms with E-state index in [0.29, 0.717) is 0 Å². The predicted molar refractivity (Wildman–Crippen MR) is 57.9 cm³/mol. The van der Waals surface area contributed by atoms with Gasteiger partial charge in [0.25, 0.3) is 0 Å². The summed E-state index contributed by atoms with van der Waals surface area (Å²) < 4.78 is 0. The Morgan fingerprint density at radius 3 is 2.71 bits per heavy atom. The van der Waals surface area contributed by atoms with Gasteiger partial charge in [0.05, 0.1) is 6.20 Å². The van der Waals surface area contributed by atoms with Gasteiger partial charge in [-0.3, -0.25) is 0 Å². The lowest BCUT2D eigenvalue weighted by Crippen LogP contribution is -2.35. The van der Waals surface area contributed by atoms with Gasteiger partial charge in [0.15, 0.2) is 0 Å². The van der Waals surface area contributed by atoms with Gasteiger partial charge in [-0.1, -0.05) is 38.7 Å². The molecule has 1 aromatic heterocycles. The molecule has 1 aliphatic carbocycles. The molecule has 0 aliphatic heterocycles. The van der Waals surface area contributed by atoms with Crippen LogP contribution in [0.3, 0.4) is 0 Å². The Bertz CT molecular complexity index is 272. The van der Waals surface area contributed by atoms with Crippen LogP contribution in [0.4, 0.5) is 0 Å². The quantitative estimate of drug-likeness (QED) is 0.689. The first-order chi connectivity index (χ1) is 6.88. The molecular formula is C10H16N3Si. The van der Waals surface area contributed by atoms with Gasteiger partial charge in [-0.15, -0.1) is 10.2 Å². The van der Waals surface area contributed by atoms with Crippen LogP contribution >= 0.6 is 0 Å². The van der Waals surface area contributed by atoms with Crippen molar-refractivity contribution in [3.05, 3.63) is 12.3 Å². The highest BCUT2D eigenvalue weighted by atomic mass is 28.3. The standard InChI is InChI=1S/C10H16N3Si/c1-14(9-5-3-2-4-6-9)10-7-8-11-13-12-10/h7-9H,2-6H2,1H3. The molecule has 0 N–H and O–H groups in total. The van der Waals surface area contributed by atoms with Crippen molar-refractivity contribution in [2.24, 2.45) is 0 Å². The molecule has 14 heavy (non-hydrogen) atoms. The molecule has 0 atom stereocenters. The number of hydrogen-bond acceptors (Lipinski definition) is 3. The molecule has 0 saturated heterocycles. The Kier molecular flexibility index (Phi) is 3.24. The molecule has 2 rings (SSSR count). The van der Waals surface area contributed by atoms with E-state index >= 15 is 0 Å². The third-order valence-corrected chi connectivity index (χ3v) is 6.00. The molecule has 0 aromatic carbocycles. The highest BCUT2D eigenvalue weighted by molar-refractivity contribution is 6.72. The Morgan fingerprint density at radius 1 is 1.29 bits per heavy atom. The lowest BCUT2D eigenvalue weighted by atomic mass is 10.0. The highest BCUT2D eigenvalue weighted by Gasteiger charge is 2.24. The van der Waals surface area contributed by atoms with Gasteiger partial charge in [0, 0.05) is 5.32 Å². The molecular weight excluding hydrogens is 190 g/mol. The van der Waals surface area contributed by atoms with E-state index in [2.05, 4.69) is 22.0 Å². The van der Waals surface area contributed by atoms with E-state index in [-0.39, 0.29) is 0 Å². The minimum absolute atomic E-state index is 0.481. The number of hydrogen-bond donors (Lipinski definition) is 0. The van der Waals surface area contributed by atoms with Crippen LogP contribution < -0.4 is 5.32 Å². The van der Waals surface area contributed by atoms with Crippen LogP contribution in [0, 0.1) is 0 Å². The van der Waals surface area contributed by atoms with Gasteiger partial charge in [-0.25, -0.2) is 0 Å². The molecule has 1 saturated carbocycles. The number of rotatable bonds is 2. The Hall–Kier alpha value is -0.773. The molecule has 1 fully saturated rings. The van der Waals surface area contributed by atoms with E-state index in [0.717, 1.165) is 5.54 Å². The molecule has 0 bridgehead atoms. The zero-order valence-electron chi connectivity index (χ0n) is 8.61. The molecule has 75 valence electrons. The average Bonchev–Trinajstić information content (AvgIpc) is 2.30. The van der Waals surface area contributed by atoms with E-state index in [9.17, 15) is 0 Å². The maximum atomic E-state index is 4.14. The summed E-state index contributed by atoms with van der Waals surface area (Å²) in [6.07, 6.45) is 8.80. The van der Waals surface area contributed by atoms with E-state index in [1.54, 1.807) is 6.20 Å². The summed E-state index contributed by atoms with van der Waals surface area (Å²) in [6.45, 7) is 2.37. The summed E-state index contributed by atoms with van der Waals surface area (Å²) in [7, 11) is -0.481. The smallest absolute Gasteiger partial charge is 0.113 e. The average molecular weight is 206 g/mol. The van der Waals surface area contributed by atoms with Gasteiger partial charge in [-0.2, -0.15) is 0 Å². The topological polar surface area (TPSA) is 38.7 Å². The first-order valence-electron chi connectivity index (χ1n) is 5.36. The second-order valence-corrected chi connectivity index (χ2v) is 6.72. The molecule has 3 nitrogen and oxygen atoms in total. The third-order valence-electron chi connectivity index (χ3n) is 3.12. The lowest BCUT2D eigenvalue weighted by Gasteiger charge is -2.25. The molecule has 0 amide bonds. The summed E-state index contributed by atoms with van der Waals surface area (Å²) in [5.41, 5.74) is 0.908. The van der Waals surface area contributed by atoms with Gasteiger partial charge >= 0.3 is 0 Å². The van der Waals surface area contributed by atoms with Crippen molar-refractivity contribution in [1.82, 2.24) is 15.4 Å². The monoisotopic (exact) mass is 206 g/mol. The zero-order valence-corrected chi connectivity index (χ0v) is 9.61. The Labute approximate surface area is 86.6 Å². The van der Waals surface area contributed by atoms with Crippen molar-refractivity contribution in [3.8, 4) is 0 Å².